The Bertz CT molecular complexity index is 1090. The molecule has 34 heavy (non-hydrogen) atoms. The van der Waals surface area contributed by atoms with Crippen molar-refractivity contribution in [3.63, 3.8) is 0 Å². The highest BCUT2D eigenvalue weighted by molar-refractivity contribution is 6.06. The molecule has 3 aromatic carbocycles. The number of likely N-dealkylation sites (tertiary alicyclic amines) is 1. The summed E-state index contributed by atoms with van der Waals surface area (Å²) >= 11 is 0. The van der Waals surface area contributed by atoms with Crippen LogP contribution >= 0.6 is 0 Å². The van der Waals surface area contributed by atoms with E-state index in [4.69, 9.17) is 14.2 Å². The first-order valence-corrected chi connectivity index (χ1v) is 11.6. The highest BCUT2D eigenvalue weighted by atomic mass is 16.5. The van der Waals surface area contributed by atoms with Crippen molar-refractivity contribution >= 4 is 11.6 Å². The maximum absolute atomic E-state index is 13.7. The molecule has 1 fully saturated rings. The summed E-state index contributed by atoms with van der Waals surface area (Å²) in [6.07, 6.45) is 1.77. The monoisotopic (exact) mass is 460 g/mol. The van der Waals surface area contributed by atoms with Crippen molar-refractivity contribution in [1.29, 1.82) is 0 Å². The molecule has 1 saturated heterocycles. The van der Waals surface area contributed by atoms with Crippen molar-refractivity contribution in [2.75, 3.05) is 39.3 Å². The molecule has 0 saturated carbocycles. The summed E-state index contributed by atoms with van der Waals surface area (Å²) in [7, 11) is 4.98. The van der Waals surface area contributed by atoms with Crippen LogP contribution in [-0.4, -0.2) is 51.3 Å². The van der Waals surface area contributed by atoms with E-state index in [1.165, 1.54) is 5.56 Å². The number of hydrogen-bond donors (Lipinski definition) is 0. The van der Waals surface area contributed by atoms with E-state index in [-0.39, 0.29) is 11.9 Å². The van der Waals surface area contributed by atoms with Crippen LogP contribution in [0.25, 0.3) is 0 Å². The fourth-order valence-corrected chi connectivity index (χ4v) is 4.54. The molecule has 0 unspecified atom stereocenters. The first kappa shape index (κ1) is 23.6. The highest BCUT2D eigenvalue weighted by Gasteiger charge is 2.30. The summed E-state index contributed by atoms with van der Waals surface area (Å²) in [4.78, 5) is 18.1. The maximum atomic E-state index is 13.7. The summed E-state index contributed by atoms with van der Waals surface area (Å²) in [6.45, 7) is 2.64. The van der Waals surface area contributed by atoms with E-state index in [0.717, 1.165) is 55.4 Å². The Hall–Kier alpha value is -3.51. The van der Waals surface area contributed by atoms with Crippen molar-refractivity contribution in [2.24, 2.45) is 0 Å². The molecule has 0 bridgehead atoms. The summed E-state index contributed by atoms with van der Waals surface area (Å²) in [5.74, 6) is 2.36. The van der Waals surface area contributed by atoms with E-state index in [2.05, 4.69) is 11.0 Å². The number of carbonyl (C=O) groups is 1. The molecule has 6 nitrogen and oxygen atoms in total. The molecule has 1 aliphatic heterocycles. The molecule has 0 aromatic heterocycles. The summed E-state index contributed by atoms with van der Waals surface area (Å²) in [6, 6.07) is 23.3. The van der Waals surface area contributed by atoms with Crippen LogP contribution in [0, 0.1) is 0 Å². The molecule has 6 heteroatoms. The maximum Gasteiger partial charge on any atom is 0.258 e. The molecule has 1 heterocycles. The molecule has 0 radical (unpaired) electrons. The van der Waals surface area contributed by atoms with E-state index >= 15 is 0 Å². The zero-order valence-electron chi connectivity index (χ0n) is 20.1. The number of rotatable bonds is 8. The third-order valence-corrected chi connectivity index (χ3v) is 6.40. The van der Waals surface area contributed by atoms with Gasteiger partial charge in [-0.15, -0.1) is 0 Å². The number of nitrogens with zero attached hydrogens (tertiary/aromatic N) is 2. The molecular formula is C28H32N2O4. The lowest BCUT2D eigenvalue weighted by Gasteiger charge is -2.39. The van der Waals surface area contributed by atoms with Crippen LogP contribution in [0.5, 0.6) is 17.2 Å². The fraction of sp³-hybridized carbons (Fsp3) is 0.321. The second kappa shape index (κ2) is 11.1. The van der Waals surface area contributed by atoms with Crippen molar-refractivity contribution < 1.29 is 19.0 Å². The van der Waals surface area contributed by atoms with E-state index in [1.807, 2.05) is 71.6 Å². The van der Waals surface area contributed by atoms with E-state index < -0.39 is 0 Å². The number of benzene rings is 3. The Kier molecular flexibility index (Phi) is 7.70. The largest absolute Gasteiger partial charge is 0.497 e. The van der Waals surface area contributed by atoms with Crippen molar-refractivity contribution in [3.05, 3.63) is 83.9 Å². The van der Waals surface area contributed by atoms with Crippen LogP contribution in [0.4, 0.5) is 5.69 Å². The first-order valence-electron chi connectivity index (χ1n) is 11.6. The molecule has 1 amide bonds. The SMILES string of the molecule is COc1ccc(C(=O)N(c2cccc(OC)c2)C2CCN(Cc3ccccc3OC)CC2)cc1. The van der Waals surface area contributed by atoms with E-state index in [0.29, 0.717) is 5.56 Å². The normalized spacial score (nSPS) is 14.4. The standard InChI is InChI=1S/C28H32N2O4/c1-32-25-13-11-21(12-14-25)28(31)30(24-8-6-9-26(19-24)33-2)23-15-17-29(18-16-23)20-22-7-4-5-10-27(22)34-3/h4-14,19,23H,15-18,20H2,1-3H3. The first-order chi connectivity index (χ1) is 16.6. The van der Waals surface area contributed by atoms with Gasteiger partial charge in [0.2, 0.25) is 0 Å². The minimum atomic E-state index is -0.0147. The number of ether oxygens (including phenoxy) is 3. The van der Waals surface area contributed by atoms with Gasteiger partial charge in [-0.2, -0.15) is 0 Å². The third kappa shape index (κ3) is 5.34. The number of methoxy groups -OCH3 is 3. The topological polar surface area (TPSA) is 51.2 Å². The number of anilines is 1. The highest BCUT2D eigenvalue weighted by Crippen LogP contribution is 2.30. The number of hydrogen-bond acceptors (Lipinski definition) is 5. The third-order valence-electron chi connectivity index (χ3n) is 6.40. The van der Waals surface area contributed by atoms with Crippen LogP contribution < -0.4 is 19.1 Å². The van der Waals surface area contributed by atoms with Gasteiger partial charge < -0.3 is 19.1 Å². The average Bonchev–Trinajstić information content (AvgIpc) is 2.90. The van der Waals surface area contributed by atoms with Gasteiger partial charge in [-0.3, -0.25) is 9.69 Å². The molecule has 0 atom stereocenters. The van der Waals surface area contributed by atoms with Gasteiger partial charge in [-0.05, 0) is 55.3 Å². The van der Waals surface area contributed by atoms with Gasteiger partial charge in [-0.1, -0.05) is 24.3 Å². The molecular weight excluding hydrogens is 428 g/mol. The Labute approximate surface area is 201 Å². The van der Waals surface area contributed by atoms with Gasteiger partial charge >= 0.3 is 0 Å². The zero-order chi connectivity index (χ0) is 23.9. The van der Waals surface area contributed by atoms with Gasteiger partial charge in [0.25, 0.3) is 5.91 Å². The van der Waals surface area contributed by atoms with Crippen molar-refractivity contribution in [3.8, 4) is 17.2 Å². The van der Waals surface area contributed by atoms with Crippen LogP contribution in [-0.2, 0) is 6.54 Å². The lowest BCUT2D eigenvalue weighted by Crippen LogP contribution is -2.47. The molecule has 4 rings (SSSR count). The van der Waals surface area contributed by atoms with Gasteiger partial charge in [0.05, 0.1) is 21.3 Å². The predicted octanol–water partition coefficient (Wildman–Crippen LogP) is 5.02. The van der Waals surface area contributed by atoms with Gasteiger partial charge in [0.1, 0.15) is 17.2 Å². The summed E-state index contributed by atoms with van der Waals surface area (Å²) in [5.41, 5.74) is 2.67. The molecule has 0 spiro atoms. The number of para-hydroxylation sites is 1. The fourth-order valence-electron chi connectivity index (χ4n) is 4.54. The summed E-state index contributed by atoms with van der Waals surface area (Å²) in [5, 5.41) is 0. The van der Waals surface area contributed by atoms with Gasteiger partial charge in [0.15, 0.2) is 0 Å². The minimum absolute atomic E-state index is 0.0147. The van der Waals surface area contributed by atoms with Gasteiger partial charge in [-0.25, -0.2) is 0 Å². The molecule has 3 aromatic rings. The van der Waals surface area contributed by atoms with Crippen molar-refractivity contribution in [2.45, 2.75) is 25.4 Å². The Morgan fingerprint density at radius 2 is 1.56 bits per heavy atom. The number of piperidine rings is 1. The Morgan fingerprint density at radius 3 is 2.24 bits per heavy atom. The second-order valence-corrected chi connectivity index (χ2v) is 8.42. The van der Waals surface area contributed by atoms with E-state index in [9.17, 15) is 4.79 Å². The average molecular weight is 461 g/mol. The van der Waals surface area contributed by atoms with E-state index in [1.54, 1.807) is 21.3 Å². The smallest absolute Gasteiger partial charge is 0.258 e. The van der Waals surface area contributed by atoms with Crippen LogP contribution in [0.3, 0.4) is 0 Å². The second-order valence-electron chi connectivity index (χ2n) is 8.42. The molecule has 0 N–H and O–H groups in total. The minimum Gasteiger partial charge on any atom is -0.497 e. The van der Waals surface area contributed by atoms with Crippen molar-refractivity contribution in [1.82, 2.24) is 4.90 Å². The molecule has 0 aliphatic carbocycles. The molecule has 1 aliphatic rings. The predicted molar refractivity (Wildman–Crippen MR) is 134 cm³/mol. The summed E-state index contributed by atoms with van der Waals surface area (Å²) < 4.78 is 16.2. The number of amides is 1. The molecule has 178 valence electrons. The lowest BCUT2D eigenvalue weighted by molar-refractivity contribution is 0.0958. The number of carbonyl (C=O) groups excluding carboxylic acids is 1. The van der Waals surface area contributed by atoms with Crippen LogP contribution in [0.15, 0.2) is 72.8 Å². The lowest BCUT2D eigenvalue weighted by atomic mass is 10.00. The van der Waals surface area contributed by atoms with Gasteiger partial charge in [0, 0.05) is 48.6 Å². The Morgan fingerprint density at radius 1 is 0.853 bits per heavy atom. The van der Waals surface area contributed by atoms with Crippen LogP contribution in [0.1, 0.15) is 28.8 Å². The quantitative estimate of drug-likeness (QED) is 0.472. The van der Waals surface area contributed by atoms with Crippen LogP contribution in [0.2, 0.25) is 0 Å². The zero-order valence-corrected chi connectivity index (χ0v) is 20.1. The Balaban J connectivity index is 1.54.